The van der Waals surface area contributed by atoms with Crippen molar-refractivity contribution < 1.29 is 9.53 Å². The van der Waals surface area contributed by atoms with Gasteiger partial charge in [-0.3, -0.25) is 9.69 Å². The average Bonchev–Trinajstić information content (AvgIpc) is 3.01. The summed E-state index contributed by atoms with van der Waals surface area (Å²) in [5, 5.41) is 1.04. The SMILES string of the molecule is COC(=O)[C@H]1CN(Cc2ccccc2)C[C@@H]1c1ccc(Cl)c(Cl)c1. The molecular formula is C19H19Cl2NO2. The van der Waals surface area contributed by atoms with Crippen LogP contribution < -0.4 is 0 Å². The molecule has 0 saturated carbocycles. The number of likely N-dealkylation sites (tertiary alicyclic amines) is 1. The minimum atomic E-state index is -0.198. The van der Waals surface area contributed by atoms with Gasteiger partial charge >= 0.3 is 5.97 Å². The molecule has 0 aliphatic carbocycles. The zero-order valence-electron chi connectivity index (χ0n) is 13.4. The Bertz CT molecular complexity index is 721. The van der Waals surface area contributed by atoms with Crippen molar-refractivity contribution in [3.05, 3.63) is 69.7 Å². The number of halogens is 2. The van der Waals surface area contributed by atoms with Crippen LogP contribution in [-0.2, 0) is 16.1 Å². The standard InChI is InChI=1S/C19H19Cl2NO2/c1-24-19(23)16-12-22(10-13-5-3-2-4-6-13)11-15(16)14-7-8-17(20)18(21)9-14/h2-9,15-16H,10-12H2,1H3/t15-,16+/m1/s1. The Balaban J connectivity index is 1.82. The fourth-order valence-corrected chi connectivity index (χ4v) is 3.63. The van der Waals surface area contributed by atoms with Crippen molar-refractivity contribution in [3.8, 4) is 0 Å². The van der Waals surface area contributed by atoms with Gasteiger partial charge in [0.25, 0.3) is 0 Å². The fraction of sp³-hybridized carbons (Fsp3) is 0.316. The first kappa shape index (κ1) is 17.3. The molecule has 0 N–H and O–H groups in total. The first-order chi connectivity index (χ1) is 11.6. The van der Waals surface area contributed by atoms with Crippen molar-refractivity contribution >= 4 is 29.2 Å². The van der Waals surface area contributed by atoms with E-state index in [0.29, 0.717) is 16.6 Å². The van der Waals surface area contributed by atoms with E-state index in [2.05, 4.69) is 17.0 Å². The highest BCUT2D eigenvalue weighted by molar-refractivity contribution is 6.42. The zero-order valence-corrected chi connectivity index (χ0v) is 14.9. The van der Waals surface area contributed by atoms with E-state index < -0.39 is 0 Å². The second kappa shape index (κ2) is 7.56. The van der Waals surface area contributed by atoms with Gasteiger partial charge in [0.2, 0.25) is 0 Å². The average molecular weight is 364 g/mol. The molecule has 0 spiro atoms. The molecule has 5 heteroatoms. The summed E-state index contributed by atoms with van der Waals surface area (Å²) in [6, 6.07) is 15.8. The van der Waals surface area contributed by atoms with Gasteiger partial charge in [0.15, 0.2) is 0 Å². The number of nitrogens with zero attached hydrogens (tertiary/aromatic N) is 1. The Morgan fingerprint density at radius 1 is 1.12 bits per heavy atom. The lowest BCUT2D eigenvalue weighted by Crippen LogP contribution is -2.24. The molecule has 1 aliphatic heterocycles. The molecule has 0 aromatic heterocycles. The summed E-state index contributed by atoms with van der Waals surface area (Å²) in [4.78, 5) is 14.5. The number of hydrogen-bond acceptors (Lipinski definition) is 3. The molecule has 0 radical (unpaired) electrons. The van der Waals surface area contributed by atoms with E-state index in [1.165, 1.54) is 12.7 Å². The van der Waals surface area contributed by atoms with Crippen LogP contribution in [-0.4, -0.2) is 31.1 Å². The van der Waals surface area contributed by atoms with Crippen molar-refractivity contribution in [2.24, 2.45) is 5.92 Å². The second-order valence-corrected chi connectivity index (χ2v) is 6.90. The maximum absolute atomic E-state index is 12.2. The van der Waals surface area contributed by atoms with Crippen LogP contribution in [0.15, 0.2) is 48.5 Å². The molecule has 0 amide bonds. The minimum Gasteiger partial charge on any atom is -0.469 e. The monoisotopic (exact) mass is 363 g/mol. The van der Waals surface area contributed by atoms with Gasteiger partial charge in [0, 0.05) is 25.6 Å². The third kappa shape index (κ3) is 3.75. The summed E-state index contributed by atoms with van der Waals surface area (Å²) in [5.74, 6) is -0.325. The Kier molecular flexibility index (Phi) is 5.44. The highest BCUT2D eigenvalue weighted by atomic mass is 35.5. The fourth-order valence-electron chi connectivity index (χ4n) is 3.33. The lowest BCUT2D eigenvalue weighted by atomic mass is 9.89. The maximum Gasteiger partial charge on any atom is 0.310 e. The summed E-state index contributed by atoms with van der Waals surface area (Å²) < 4.78 is 5.01. The van der Waals surface area contributed by atoms with Crippen LogP contribution in [0, 0.1) is 5.92 Å². The van der Waals surface area contributed by atoms with Crippen LogP contribution in [0.4, 0.5) is 0 Å². The van der Waals surface area contributed by atoms with E-state index in [1.54, 1.807) is 6.07 Å². The number of esters is 1. The smallest absolute Gasteiger partial charge is 0.310 e. The first-order valence-corrected chi connectivity index (χ1v) is 8.63. The molecule has 3 rings (SSSR count). The molecular weight excluding hydrogens is 345 g/mol. The third-order valence-electron chi connectivity index (χ3n) is 4.52. The Labute approximate surface area is 152 Å². The molecule has 0 unspecified atom stereocenters. The highest BCUT2D eigenvalue weighted by Crippen LogP contribution is 2.36. The first-order valence-electron chi connectivity index (χ1n) is 7.87. The third-order valence-corrected chi connectivity index (χ3v) is 5.26. The van der Waals surface area contributed by atoms with Gasteiger partial charge in [-0.05, 0) is 23.3 Å². The van der Waals surface area contributed by atoms with E-state index in [9.17, 15) is 4.79 Å². The summed E-state index contributed by atoms with van der Waals surface area (Å²) in [5.41, 5.74) is 2.26. The minimum absolute atomic E-state index is 0.0518. The van der Waals surface area contributed by atoms with E-state index in [1.807, 2.05) is 30.3 Å². The van der Waals surface area contributed by atoms with Gasteiger partial charge in [-0.2, -0.15) is 0 Å². The number of benzene rings is 2. The van der Waals surface area contributed by atoms with Crippen molar-refractivity contribution in [1.29, 1.82) is 0 Å². The maximum atomic E-state index is 12.2. The molecule has 1 saturated heterocycles. The van der Waals surface area contributed by atoms with Crippen LogP contribution in [0.2, 0.25) is 10.0 Å². The molecule has 2 aromatic carbocycles. The topological polar surface area (TPSA) is 29.5 Å². The Hall–Kier alpha value is -1.55. The van der Waals surface area contributed by atoms with Gasteiger partial charge < -0.3 is 4.74 Å². The molecule has 1 fully saturated rings. The molecule has 0 bridgehead atoms. The van der Waals surface area contributed by atoms with E-state index in [4.69, 9.17) is 27.9 Å². The van der Waals surface area contributed by atoms with Crippen molar-refractivity contribution in [3.63, 3.8) is 0 Å². The molecule has 24 heavy (non-hydrogen) atoms. The van der Waals surface area contributed by atoms with Crippen molar-refractivity contribution in [1.82, 2.24) is 4.90 Å². The van der Waals surface area contributed by atoms with Crippen LogP contribution in [0.25, 0.3) is 0 Å². The molecule has 3 nitrogen and oxygen atoms in total. The van der Waals surface area contributed by atoms with E-state index in [0.717, 1.165) is 18.7 Å². The summed E-state index contributed by atoms with van der Waals surface area (Å²) in [7, 11) is 1.44. The van der Waals surface area contributed by atoms with Gasteiger partial charge in [-0.15, -0.1) is 0 Å². The van der Waals surface area contributed by atoms with Gasteiger partial charge in [0.1, 0.15) is 0 Å². The van der Waals surface area contributed by atoms with Gasteiger partial charge in [-0.25, -0.2) is 0 Å². The molecule has 1 aliphatic rings. The predicted molar refractivity (Wildman–Crippen MR) is 96.4 cm³/mol. The normalized spacial score (nSPS) is 21.0. The van der Waals surface area contributed by atoms with Crippen molar-refractivity contribution in [2.45, 2.75) is 12.5 Å². The quantitative estimate of drug-likeness (QED) is 0.754. The summed E-state index contributed by atoms with van der Waals surface area (Å²) >= 11 is 12.2. The molecule has 1 heterocycles. The number of methoxy groups -OCH3 is 1. The lowest BCUT2D eigenvalue weighted by Gasteiger charge is -2.17. The molecule has 2 aromatic rings. The highest BCUT2D eigenvalue weighted by Gasteiger charge is 2.39. The van der Waals surface area contributed by atoms with Crippen molar-refractivity contribution in [2.75, 3.05) is 20.2 Å². The van der Waals surface area contributed by atoms with E-state index in [-0.39, 0.29) is 17.8 Å². The summed E-state index contributed by atoms with van der Waals surface area (Å²) in [6.45, 7) is 2.27. The zero-order chi connectivity index (χ0) is 17.1. The largest absolute Gasteiger partial charge is 0.469 e. The molecule has 2 atom stereocenters. The number of ether oxygens (including phenoxy) is 1. The predicted octanol–water partition coefficient (Wildman–Crippen LogP) is 4.38. The Morgan fingerprint density at radius 2 is 1.88 bits per heavy atom. The van der Waals surface area contributed by atoms with Crippen LogP contribution in [0.5, 0.6) is 0 Å². The number of carbonyl (C=O) groups is 1. The lowest BCUT2D eigenvalue weighted by molar-refractivity contribution is -0.145. The molecule has 126 valence electrons. The number of hydrogen-bond donors (Lipinski definition) is 0. The van der Waals surface area contributed by atoms with Crippen LogP contribution >= 0.6 is 23.2 Å². The van der Waals surface area contributed by atoms with Crippen LogP contribution in [0.3, 0.4) is 0 Å². The Morgan fingerprint density at radius 3 is 2.54 bits per heavy atom. The second-order valence-electron chi connectivity index (χ2n) is 6.09. The van der Waals surface area contributed by atoms with Gasteiger partial charge in [0.05, 0.1) is 23.1 Å². The number of rotatable bonds is 4. The van der Waals surface area contributed by atoms with Crippen LogP contribution in [0.1, 0.15) is 17.0 Å². The van der Waals surface area contributed by atoms with E-state index >= 15 is 0 Å². The number of carbonyl (C=O) groups excluding carboxylic acids is 1. The van der Waals surface area contributed by atoms with Gasteiger partial charge in [-0.1, -0.05) is 59.6 Å². The summed E-state index contributed by atoms with van der Waals surface area (Å²) in [6.07, 6.45) is 0.